The van der Waals surface area contributed by atoms with E-state index in [4.69, 9.17) is 0 Å². The van der Waals surface area contributed by atoms with Crippen molar-refractivity contribution in [3.63, 3.8) is 0 Å². The molecule has 2 rings (SSSR count). The van der Waals surface area contributed by atoms with E-state index in [0.29, 0.717) is 6.54 Å². The van der Waals surface area contributed by atoms with Crippen LogP contribution in [0.5, 0.6) is 0 Å². The van der Waals surface area contributed by atoms with Crippen molar-refractivity contribution in [2.24, 2.45) is 0 Å². The minimum atomic E-state index is -3.22. The van der Waals surface area contributed by atoms with Crippen molar-refractivity contribution in [1.29, 1.82) is 0 Å². The number of nitrogens with one attached hydrogen (secondary N) is 3. The Kier molecular flexibility index (Phi) is 3.57. The molecule has 1 aromatic heterocycles. The Morgan fingerprint density at radius 1 is 1.56 bits per heavy atom. The molecule has 0 bridgehead atoms. The molecule has 1 fully saturated rings. The second-order valence-corrected chi connectivity index (χ2v) is 5.96. The van der Waals surface area contributed by atoms with Gasteiger partial charge in [0.15, 0.2) is 0 Å². The van der Waals surface area contributed by atoms with Crippen LogP contribution in [0.2, 0.25) is 0 Å². The number of H-pyrrole nitrogens is 1. The summed E-state index contributed by atoms with van der Waals surface area (Å²) in [4.78, 5) is 6.69. The molecule has 1 atom stereocenters. The number of aromatic amines is 1. The zero-order chi connectivity index (χ0) is 11.4. The van der Waals surface area contributed by atoms with Gasteiger partial charge >= 0.3 is 0 Å². The van der Waals surface area contributed by atoms with Crippen molar-refractivity contribution in [2.75, 3.05) is 13.1 Å². The predicted octanol–water partition coefficient (Wildman–Crippen LogP) is -0.419. The predicted molar refractivity (Wildman–Crippen MR) is 60.2 cm³/mol. The summed E-state index contributed by atoms with van der Waals surface area (Å²) < 4.78 is 26.4. The van der Waals surface area contributed by atoms with E-state index in [9.17, 15) is 8.42 Å². The molecule has 6 nitrogen and oxygen atoms in total. The Morgan fingerprint density at radius 3 is 3.06 bits per heavy atom. The van der Waals surface area contributed by atoms with E-state index in [1.165, 1.54) is 6.33 Å². The number of nitrogens with zero attached hydrogens (tertiary/aromatic N) is 1. The molecule has 7 heteroatoms. The van der Waals surface area contributed by atoms with E-state index in [1.54, 1.807) is 6.20 Å². The number of hydrogen-bond acceptors (Lipinski definition) is 4. The fourth-order valence-electron chi connectivity index (χ4n) is 1.76. The molecule has 2 heterocycles. The Bertz CT molecular complexity index is 409. The van der Waals surface area contributed by atoms with Gasteiger partial charge in [-0.15, -0.1) is 0 Å². The summed E-state index contributed by atoms with van der Waals surface area (Å²) in [6.07, 6.45) is 4.79. The first kappa shape index (κ1) is 11.6. The molecule has 0 amide bonds. The SMILES string of the molecule is O=S(=O)(NCc1cnc[nH]1)C1CCCNC1. The molecule has 0 aromatic carbocycles. The first-order valence-corrected chi connectivity index (χ1v) is 6.89. The van der Waals surface area contributed by atoms with E-state index in [2.05, 4.69) is 20.0 Å². The van der Waals surface area contributed by atoms with Crippen molar-refractivity contribution in [1.82, 2.24) is 20.0 Å². The van der Waals surface area contributed by atoms with Gasteiger partial charge in [0.05, 0.1) is 18.1 Å². The zero-order valence-corrected chi connectivity index (χ0v) is 9.76. The lowest BCUT2D eigenvalue weighted by Crippen LogP contribution is -2.44. The lowest BCUT2D eigenvalue weighted by molar-refractivity contribution is 0.490. The molecule has 0 radical (unpaired) electrons. The zero-order valence-electron chi connectivity index (χ0n) is 8.94. The summed E-state index contributed by atoms with van der Waals surface area (Å²) in [6, 6.07) is 0. The fourth-order valence-corrected chi connectivity index (χ4v) is 3.17. The number of imidazole rings is 1. The standard InChI is InChI=1S/C9H16N4O2S/c14-16(15,9-2-1-3-10-6-9)13-5-8-4-11-7-12-8/h4,7,9-10,13H,1-3,5-6H2,(H,11,12). The van der Waals surface area contributed by atoms with Gasteiger partial charge in [0.2, 0.25) is 10.0 Å². The monoisotopic (exact) mass is 244 g/mol. The highest BCUT2D eigenvalue weighted by molar-refractivity contribution is 7.90. The smallest absolute Gasteiger partial charge is 0.216 e. The second kappa shape index (κ2) is 4.94. The van der Waals surface area contributed by atoms with Crippen LogP contribution in [0, 0.1) is 0 Å². The van der Waals surface area contributed by atoms with Crippen molar-refractivity contribution in [3.05, 3.63) is 18.2 Å². The molecule has 1 aliphatic rings. The van der Waals surface area contributed by atoms with E-state index in [-0.39, 0.29) is 11.8 Å². The summed E-state index contributed by atoms with van der Waals surface area (Å²) in [5.41, 5.74) is 0.771. The van der Waals surface area contributed by atoms with Gasteiger partial charge in [0.1, 0.15) is 0 Å². The van der Waals surface area contributed by atoms with Gasteiger partial charge in [0, 0.05) is 18.4 Å². The van der Waals surface area contributed by atoms with Crippen LogP contribution < -0.4 is 10.0 Å². The molecular weight excluding hydrogens is 228 g/mol. The van der Waals surface area contributed by atoms with E-state index < -0.39 is 10.0 Å². The molecule has 0 aliphatic carbocycles. The van der Waals surface area contributed by atoms with E-state index in [1.807, 2.05) is 0 Å². The highest BCUT2D eigenvalue weighted by Gasteiger charge is 2.26. The van der Waals surface area contributed by atoms with Crippen LogP contribution in [0.25, 0.3) is 0 Å². The lowest BCUT2D eigenvalue weighted by Gasteiger charge is -2.22. The Morgan fingerprint density at radius 2 is 2.44 bits per heavy atom. The second-order valence-electron chi connectivity index (χ2n) is 3.91. The van der Waals surface area contributed by atoms with Gasteiger partial charge in [-0.25, -0.2) is 18.1 Å². The average Bonchev–Trinajstić information content (AvgIpc) is 2.81. The lowest BCUT2D eigenvalue weighted by atomic mass is 10.2. The molecule has 1 aliphatic heterocycles. The largest absolute Gasteiger partial charge is 0.347 e. The highest BCUT2D eigenvalue weighted by atomic mass is 32.2. The van der Waals surface area contributed by atoms with Gasteiger partial charge in [0.25, 0.3) is 0 Å². The van der Waals surface area contributed by atoms with E-state index in [0.717, 1.165) is 25.1 Å². The van der Waals surface area contributed by atoms with Crippen molar-refractivity contribution < 1.29 is 8.42 Å². The fraction of sp³-hybridized carbons (Fsp3) is 0.667. The number of piperidine rings is 1. The molecule has 1 saturated heterocycles. The van der Waals surface area contributed by atoms with Crippen LogP contribution in [0.4, 0.5) is 0 Å². The molecule has 16 heavy (non-hydrogen) atoms. The highest BCUT2D eigenvalue weighted by Crippen LogP contribution is 2.10. The maximum Gasteiger partial charge on any atom is 0.216 e. The van der Waals surface area contributed by atoms with Crippen LogP contribution in [0.3, 0.4) is 0 Å². The topological polar surface area (TPSA) is 86.9 Å². The van der Waals surface area contributed by atoms with Crippen molar-refractivity contribution in [2.45, 2.75) is 24.6 Å². The van der Waals surface area contributed by atoms with Gasteiger partial charge in [-0.2, -0.15) is 0 Å². The third kappa shape index (κ3) is 2.81. The number of rotatable bonds is 4. The summed E-state index contributed by atoms with van der Waals surface area (Å²) in [5, 5.41) is 2.78. The quantitative estimate of drug-likeness (QED) is 0.671. The molecule has 3 N–H and O–H groups in total. The Labute approximate surface area is 94.9 Å². The van der Waals surface area contributed by atoms with Gasteiger partial charge in [-0.05, 0) is 19.4 Å². The van der Waals surface area contributed by atoms with E-state index >= 15 is 0 Å². The summed E-state index contributed by atoms with van der Waals surface area (Å²) in [7, 11) is -3.22. The van der Waals surface area contributed by atoms with Crippen LogP contribution in [0.15, 0.2) is 12.5 Å². The first-order valence-electron chi connectivity index (χ1n) is 5.35. The normalized spacial score (nSPS) is 22.1. The van der Waals surface area contributed by atoms with Gasteiger partial charge in [-0.3, -0.25) is 0 Å². The molecule has 90 valence electrons. The minimum absolute atomic E-state index is 0.277. The minimum Gasteiger partial charge on any atom is -0.347 e. The molecular formula is C9H16N4O2S. The summed E-state index contributed by atoms with van der Waals surface area (Å²) in [5.74, 6) is 0. The van der Waals surface area contributed by atoms with Gasteiger partial charge in [-0.1, -0.05) is 0 Å². The van der Waals surface area contributed by atoms with Gasteiger partial charge < -0.3 is 10.3 Å². The molecule has 0 saturated carbocycles. The number of aromatic nitrogens is 2. The van der Waals surface area contributed by atoms with Crippen LogP contribution in [-0.4, -0.2) is 36.7 Å². The van der Waals surface area contributed by atoms with Crippen LogP contribution in [0.1, 0.15) is 18.5 Å². The molecule has 1 unspecified atom stereocenters. The third-order valence-corrected chi connectivity index (χ3v) is 4.54. The van der Waals surface area contributed by atoms with Crippen molar-refractivity contribution >= 4 is 10.0 Å². The van der Waals surface area contributed by atoms with Crippen LogP contribution in [-0.2, 0) is 16.6 Å². The Hall–Kier alpha value is -0.920. The summed E-state index contributed by atoms with van der Waals surface area (Å²) in [6.45, 7) is 1.73. The average molecular weight is 244 g/mol. The Balaban J connectivity index is 1.91. The maximum atomic E-state index is 11.9. The first-order chi connectivity index (χ1) is 7.68. The maximum absolute atomic E-state index is 11.9. The summed E-state index contributed by atoms with van der Waals surface area (Å²) >= 11 is 0. The number of sulfonamides is 1. The third-order valence-electron chi connectivity index (χ3n) is 2.71. The number of hydrogen-bond donors (Lipinski definition) is 3. The molecule has 0 spiro atoms. The van der Waals surface area contributed by atoms with Crippen LogP contribution >= 0.6 is 0 Å². The van der Waals surface area contributed by atoms with Crippen molar-refractivity contribution in [3.8, 4) is 0 Å². The molecule has 1 aromatic rings.